The van der Waals surface area contributed by atoms with Crippen LogP contribution in [0.3, 0.4) is 0 Å². The maximum atomic E-state index is 6.01. The van der Waals surface area contributed by atoms with Crippen LogP contribution < -0.4 is 5.32 Å². The second-order valence-electron chi connectivity index (χ2n) is 4.98. The zero-order chi connectivity index (χ0) is 13.1. The lowest BCUT2D eigenvalue weighted by Gasteiger charge is -2.33. The van der Waals surface area contributed by atoms with Crippen molar-refractivity contribution in [1.82, 2.24) is 5.32 Å². The molecule has 2 heteroatoms. The van der Waals surface area contributed by atoms with Crippen molar-refractivity contribution in [3.63, 3.8) is 0 Å². The molecule has 98 valence electrons. The quantitative estimate of drug-likeness (QED) is 0.888. The Labute approximate surface area is 114 Å². The molecule has 0 aliphatic carbocycles. The van der Waals surface area contributed by atoms with Crippen LogP contribution in [0.1, 0.15) is 16.7 Å². The normalized spacial score (nSPS) is 22.6. The Morgan fingerprint density at radius 3 is 2.53 bits per heavy atom. The summed E-state index contributed by atoms with van der Waals surface area (Å²) in [6.07, 6.45) is 1.05. The van der Waals surface area contributed by atoms with E-state index in [2.05, 4.69) is 53.8 Å². The zero-order valence-electron chi connectivity index (χ0n) is 11.2. The van der Waals surface area contributed by atoms with Gasteiger partial charge in [-0.3, -0.25) is 0 Å². The minimum atomic E-state index is -0.381. The van der Waals surface area contributed by atoms with Crippen molar-refractivity contribution in [3.8, 4) is 0 Å². The van der Waals surface area contributed by atoms with Gasteiger partial charge in [0.2, 0.25) is 0 Å². The molecule has 19 heavy (non-hydrogen) atoms. The molecule has 0 bridgehead atoms. The molecule has 0 aromatic heterocycles. The van der Waals surface area contributed by atoms with Gasteiger partial charge in [0, 0.05) is 13.7 Å². The molecule has 0 saturated carbocycles. The van der Waals surface area contributed by atoms with Crippen LogP contribution in [0.15, 0.2) is 54.6 Å². The standard InChI is InChI=1S/C17H19NO/c1-19-17(15-8-3-2-4-9-15)13-18-12-11-14-7-5-6-10-16(14)17/h2-10,18H,11-13H2,1H3. The molecule has 0 amide bonds. The van der Waals surface area contributed by atoms with Crippen LogP contribution in [0.2, 0.25) is 0 Å². The number of methoxy groups -OCH3 is 1. The van der Waals surface area contributed by atoms with Crippen LogP contribution in [-0.2, 0) is 16.8 Å². The van der Waals surface area contributed by atoms with Crippen molar-refractivity contribution < 1.29 is 4.74 Å². The highest BCUT2D eigenvalue weighted by atomic mass is 16.5. The summed E-state index contributed by atoms with van der Waals surface area (Å²) in [4.78, 5) is 0. The van der Waals surface area contributed by atoms with Gasteiger partial charge in [0.25, 0.3) is 0 Å². The monoisotopic (exact) mass is 253 g/mol. The molecule has 1 atom stereocenters. The Bertz CT molecular complexity index is 552. The van der Waals surface area contributed by atoms with E-state index in [1.165, 1.54) is 16.7 Å². The highest BCUT2D eigenvalue weighted by Crippen LogP contribution is 2.36. The van der Waals surface area contributed by atoms with Crippen LogP contribution in [0.5, 0.6) is 0 Å². The largest absolute Gasteiger partial charge is 0.367 e. The first-order valence-corrected chi connectivity index (χ1v) is 6.76. The van der Waals surface area contributed by atoms with Crippen molar-refractivity contribution in [1.29, 1.82) is 0 Å². The van der Waals surface area contributed by atoms with Crippen LogP contribution >= 0.6 is 0 Å². The topological polar surface area (TPSA) is 21.3 Å². The molecule has 3 rings (SSSR count). The molecular formula is C17H19NO. The Hall–Kier alpha value is -1.64. The summed E-state index contributed by atoms with van der Waals surface area (Å²) in [5.41, 5.74) is 3.49. The summed E-state index contributed by atoms with van der Waals surface area (Å²) in [6.45, 7) is 1.81. The second-order valence-corrected chi connectivity index (χ2v) is 4.98. The van der Waals surface area contributed by atoms with E-state index in [9.17, 15) is 0 Å². The molecule has 2 aromatic rings. The molecule has 0 fully saturated rings. The third-order valence-corrected chi connectivity index (χ3v) is 3.99. The molecule has 2 nitrogen and oxygen atoms in total. The van der Waals surface area contributed by atoms with Gasteiger partial charge >= 0.3 is 0 Å². The fraction of sp³-hybridized carbons (Fsp3) is 0.294. The molecule has 0 spiro atoms. The number of ether oxygens (including phenoxy) is 1. The minimum Gasteiger partial charge on any atom is -0.367 e. The van der Waals surface area contributed by atoms with Gasteiger partial charge in [0.1, 0.15) is 5.60 Å². The Balaban J connectivity index is 2.20. The zero-order valence-corrected chi connectivity index (χ0v) is 11.2. The van der Waals surface area contributed by atoms with Gasteiger partial charge in [-0.2, -0.15) is 0 Å². The van der Waals surface area contributed by atoms with Crippen LogP contribution in [0, 0.1) is 0 Å². The fourth-order valence-corrected chi connectivity index (χ4v) is 2.98. The number of hydrogen-bond acceptors (Lipinski definition) is 2. The van der Waals surface area contributed by atoms with E-state index in [1.807, 2.05) is 6.07 Å². The van der Waals surface area contributed by atoms with E-state index in [4.69, 9.17) is 4.74 Å². The van der Waals surface area contributed by atoms with E-state index >= 15 is 0 Å². The maximum absolute atomic E-state index is 6.01. The van der Waals surface area contributed by atoms with Gasteiger partial charge in [-0.1, -0.05) is 54.6 Å². The van der Waals surface area contributed by atoms with Crippen LogP contribution in [-0.4, -0.2) is 20.2 Å². The summed E-state index contributed by atoms with van der Waals surface area (Å²) in [6, 6.07) is 19.1. The van der Waals surface area contributed by atoms with Crippen molar-refractivity contribution in [2.45, 2.75) is 12.0 Å². The Morgan fingerprint density at radius 1 is 1.00 bits per heavy atom. The number of fused-ring (bicyclic) bond motifs is 1. The minimum absolute atomic E-state index is 0.381. The summed E-state index contributed by atoms with van der Waals surface area (Å²) < 4.78 is 6.01. The third-order valence-electron chi connectivity index (χ3n) is 3.99. The number of rotatable bonds is 2. The molecule has 1 aliphatic heterocycles. The molecule has 1 unspecified atom stereocenters. The predicted octanol–water partition coefficient (Wildman–Crippen LogP) is 2.72. The first-order valence-electron chi connectivity index (χ1n) is 6.76. The van der Waals surface area contributed by atoms with Gasteiger partial charge < -0.3 is 10.1 Å². The van der Waals surface area contributed by atoms with Gasteiger partial charge in [-0.15, -0.1) is 0 Å². The van der Waals surface area contributed by atoms with Crippen molar-refractivity contribution in [2.75, 3.05) is 20.2 Å². The van der Waals surface area contributed by atoms with Crippen LogP contribution in [0.25, 0.3) is 0 Å². The van der Waals surface area contributed by atoms with Gasteiger partial charge in [0.15, 0.2) is 0 Å². The van der Waals surface area contributed by atoms with E-state index in [1.54, 1.807) is 7.11 Å². The predicted molar refractivity (Wildman–Crippen MR) is 77.2 cm³/mol. The summed E-state index contributed by atoms with van der Waals surface area (Å²) in [5.74, 6) is 0. The fourth-order valence-electron chi connectivity index (χ4n) is 2.98. The van der Waals surface area contributed by atoms with Crippen molar-refractivity contribution in [3.05, 3.63) is 71.3 Å². The average molecular weight is 253 g/mol. The molecule has 1 N–H and O–H groups in total. The summed E-state index contributed by atoms with van der Waals surface area (Å²) in [7, 11) is 1.80. The smallest absolute Gasteiger partial charge is 0.130 e. The van der Waals surface area contributed by atoms with Gasteiger partial charge in [-0.05, 0) is 29.7 Å². The highest BCUT2D eigenvalue weighted by molar-refractivity contribution is 5.43. The third kappa shape index (κ3) is 2.07. The molecule has 1 heterocycles. The average Bonchev–Trinajstić information content (AvgIpc) is 2.68. The first kappa shape index (κ1) is 12.4. The Kier molecular flexibility index (Phi) is 3.36. The lowest BCUT2D eigenvalue weighted by molar-refractivity contribution is 0.0242. The van der Waals surface area contributed by atoms with Crippen molar-refractivity contribution >= 4 is 0 Å². The Morgan fingerprint density at radius 2 is 1.74 bits per heavy atom. The molecule has 1 aliphatic rings. The lowest BCUT2D eigenvalue weighted by Crippen LogP contribution is -2.39. The molecular weight excluding hydrogens is 234 g/mol. The molecule has 2 aromatic carbocycles. The lowest BCUT2D eigenvalue weighted by atomic mass is 9.83. The maximum Gasteiger partial charge on any atom is 0.130 e. The summed E-state index contributed by atoms with van der Waals surface area (Å²) in [5, 5.41) is 3.51. The van der Waals surface area contributed by atoms with Crippen molar-refractivity contribution in [2.24, 2.45) is 0 Å². The van der Waals surface area contributed by atoms with E-state index < -0.39 is 0 Å². The van der Waals surface area contributed by atoms with Gasteiger partial charge in [-0.25, -0.2) is 0 Å². The van der Waals surface area contributed by atoms with E-state index in [0.29, 0.717) is 0 Å². The first-order chi connectivity index (χ1) is 9.37. The number of nitrogens with one attached hydrogen (secondary N) is 1. The number of hydrogen-bond donors (Lipinski definition) is 1. The highest BCUT2D eigenvalue weighted by Gasteiger charge is 2.36. The van der Waals surface area contributed by atoms with Gasteiger partial charge in [0.05, 0.1) is 0 Å². The van der Waals surface area contributed by atoms with Crippen LogP contribution in [0.4, 0.5) is 0 Å². The second kappa shape index (κ2) is 5.16. The molecule has 0 radical (unpaired) electrons. The molecule has 0 saturated heterocycles. The SMILES string of the molecule is COC1(c2ccccc2)CNCCc2ccccc21. The summed E-state index contributed by atoms with van der Waals surface area (Å²) >= 11 is 0. The van der Waals surface area contributed by atoms with E-state index in [0.717, 1.165) is 19.5 Å². The van der Waals surface area contributed by atoms with E-state index in [-0.39, 0.29) is 5.60 Å². The number of benzene rings is 2.